The number of halogens is 3. The van der Waals surface area contributed by atoms with Gasteiger partial charge in [0.15, 0.2) is 0 Å². The molecule has 0 bridgehead atoms. The first-order valence-electron chi connectivity index (χ1n) is 2.20. The van der Waals surface area contributed by atoms with E-state index in [0.29, 0.717) is 0 Å². The first-order chi connectivity index (χ1) is 5.20. The molecule has 1 radical (unpaired) electrons. The molecule has 0 spiro atoms. The SMILES string of the molecule is OB(O)F.OB(O)F.OB(O)F.[K]. The molecule has 0 amide bonds. The fraction of sp³-hybridized carbons (Fsp3) is 0. The molecule has 0 fully saturated rings. The minimum atomic E-state index is -2.67. The van der Waals surface area contributed by atoms with Gasteiger partial charge in [-0.3, -0.25) is 12.9 Å². The standard InChI is InChI=1S/3BFH2O2.K/c3*2-1(3)4;/h3*3-4H;. The van der Waals surface area contributed by atoms with Crippen LogP contribution in [-0.2, 0) is 0 Å². The van der Waals surface area contributed by atoms with Gasteiger partial charge in [-0.25, -0.2) is 0 Å². The Labute approximate surface area is 115 Å². The molecular weight excluding hydrogens is 225 g/mol. The van der Waals surface area contributed by atoms with Gasteiger partial charge in [0, 0.05) is 51.4 Å². The molecule has 13 heavy (non-hydrogen) atoms. The van der Waals surface area contributed by atoms with Gasteiger partial charge < -0.3 is 30.1 Å². The van der Waals surface area contributed by atoms with Crippen LogP contribution in [0.4, 0.5) is 12.9 Å². The van der Waals surface area contributed by atoms with Crippen molar-refractivity contribution in [2.45, 2.75) is 0 Å². The summed E-state index contributed by atoms with van der Waals surface area (Å²) in [6.07, 6.45) is 0. The second-order valence-corrected chi connectivity index (χ2v) is 0.932. The van der Waals surface area contributed by atoms with Gasteiger partial charge in [0.05, 0.1) is 0 Å². The number of hydrogen-bond acceptors (Lipinski definition) is 6. The zero-order valence-corrected chi connectivity index (χ0v) is 9.67. The molecular formula is H6B3F3KO6. The molecule has 0 aromatic heterocycles. The van der Waals surface area contributed by atoms with E-state index in [0.717, 1.165) is 0 Å². The molecule has 0 unspecified atom stereocenters. The van der Waals surface area contributed by atoms with E-state index < -0.39 is 22.2 Å². The van der Waals surface area contributed by atoms with E-state index in [4.69, 9.17) is 30.1 Å². The monoisotopic (exact) mass is 231 g/mol. The molecule has 0 rings (SSSR count). The average molecular weight is 231 g/mol. The van der Waals surface area contributed by atoms with Crippen LogP contribution in [0.15, 0.2) is 0 Å². The second kappa shape index (κ2) is 19.0. The quantitative estimate of drug-likeness (QED) is 0.239. The third kappa shape index (κ3) is 909. The Kier molecular flexibility index (Phi) is 35.0. The van der Waals surface area contributed by atoms with Crippen LogP contribution >= 0.6 is 0 Å². The Morgan fingerprint density at radius 2 is 0.538 bits per heavy atom. The zero-order valence-electron chi connectivity index (χ0n) is 6.55. The van der Waals surface area contributed by atoms with Crippen molar-refractivity contribution in [2.24, 2.45) is 0 Å². The van der Waals surface area contributed by atoms with Gasteiger partial charge in [0.1, 0.15) is 0 Å². The van der Waals surface area contributed by atoms with Crippen LogP contribution < -0.4 is 0 Å². The third-order valence-corrected chi connectivity index (χ3v) is 0. The van der Waals surface area contributed by atoms with Crippen LogP contribution in [0.3, 0.4) is 0 Å². The van der Waals surface area contributed by atoms with Crippen LogP contribution in [-0.4, -0.2) is 104 Å². The van der Waals surface area contributed by atoms with E-state index in [2.05, 4.69) is 0 Å². The summed E-state index contributed by atoms with van der Waals surface area (Å²) in [7, 11) is -8.00. The van der Waals surface area contributed by atoms with Crippen LogP contribution in [0.1, 0.15) is 0 Å². The van der Waals surface area contributed by atoms with Crippen molar-refractivity contribution in [3.63, 3.8) is 0 Å². The molecule has 73 valence electrons. The van der Waals surface area contributed by atoms with Gasteiger partial charge in [-0.15, -0.1) is 0 Å². The van der Waals surface area contributed by atoms with Gasteiger partial charge in [-0.1, -0.05) is 0 Å². The van der Waals surface area contributed by atoms with Gasteiger partial charge >= 0.3 is 22.2 Å². The van der Waals surface area contributed by atoms with Crippen LogP contribution in [0.5, 0.6) is 0 Å². The van der Waals surface area contributed by atoms with E-state index >= 15 is 0 Å². The van der Waals surface area contributed by atoms with Crippen molar-refractivity contribution >= 4 is 73.6 Å². The molecule has 0 aromatic rings. The predicted octanol–water partition coefficient (Wildman–Crippen LogP) is -3.60. The summed E-state index contributed by atoms with van der Waals surface area (Å²) in [5.74, 6) is 0. The van der Waals surface area contributed by atoms with E-state index in [-0.39, 0.29) is 51.4 Å². The molecule has 0 aliphatic heterocycles. The molecule has 0 saturated carbocycles. The summed E-state index contributed by atoms with van der Waals surface area (Å²) >= 11 is 0. The maximum Gasteiger partial charge on any atom is 0.674 e. The van der Waals surface area contributed by atoms with Crippen molar-refractivity contribution in [3.8, 4) is 0 Å². The van der Waals surface area contributed by atoms with Crippen LogP contribution in [0.25, 0.3) is 0 Å². The van der Waals surface area contributed by atoms with Crippen LogP contribution in [0.2, 0.25) is 0 Å². The minimum Gasteiger partial charge on any atom is -0.398 e. The van der Waals surface area contributed by atoms with E-state index in [9.17, 15) is 12.9 Å². The Bertz CT molecular complexity index is 51.6. The molecule has 0 aliphatic carbocycles. The Balaban J connectivity index is -0.0000000450. The first-order valence-corrected chi connectivity index (χ1v) is 2.20. The topological polar surface area (TPSA) is 121 Å². The summed E-state index contributed by atoms with van der Waals surface area (Å²) in [5, 5.41) is 41.7. The summed E-state index contributed by atoms with van der Waals surface area (Å²) < 4.78 is 30.3. The Morgan fingerprint density at radius 3 is 0.538 bits per heavy atom. The van der Waals surface area contributed by atoms with E-state index in [1.165, 1.54) is 0 Å². The molecule has 0 saturated heterocycles. The summed E-state index contributed by atoms with van der Waals surface area (Å²) in [6.45, 7) is 0. The Hall–Kier alpha value is 1.38. The smallest absolute Gasteiger partial charge is 0.398 e. The van der Waals surface area contributed by atoms with Crippen molar-refractivity contribution in [2.75, 3.05) is 0 Å². The van der Waals surface area contributed by atoms with Crippen molar-refractivity contribution in [1.82, 2.24) is 0 Å². The predicted molar refractivity (Wildman–Crippen MR) is 39.7 cm³/mol. The fourth-order valence-corrected chi connectivity index (χ4v) is 0. The van der Waals surface area contributed by atoms with Crippen molar-refractivity contribution in [3.05, 3.63) is 0 Å². The molecule has 0 aliphatic rings. The summed E-state index contributed by atoms with van der Waals surface area (Å²) in [5.41, 5.74) is 0. The Morgan fingerprint density at radius 1 is 0.538 bits per heavy atom. The van der Waals surface area contributed by atoms with E-state index in [1.54, 1.807) is 0 Å². The summed E-state index contributed by atoms with van der Waals surface area (Å²) in [6, 6.07) is 0. The van der Waals surface area contributed by atoms with Gasteiger partial charge in [-0.2, -0.15) is 0 Å². The van der Waals surface area contributed by atoms with Gasteiger partial charge in [0.25, 0.3) is 0 Å². The molecule has 6 nitrogen and oxygen atoms in total. The molecule has 0 heterocycles. The maximum atomic E-state index is 10.1. The fourth-order valence-electron chi connectivity index (χ4n) is 0. The third-order valence-electron chi connectivity index (χ3n) is 0. The summed E-state index contributed by atoms with van der Waals surface area (Å²) in [4.78, 5) is 0. The first kappa shape index (κ1) is 23.9. The largest absolute Gasteiger partial charge is 0.674 e. The zero-order chi connectivity index (χ0) is 10.7. The van der Waals surface area contributed by atoms with Crippen molar-refractivity contribution < 1.29 is 43.1 Å². The number of rotatable bonds is 0. The minimum absolute atomic E-state index is 0. The molecule has 0 aromatic carbocycles. The molecule has 13 heteroatoms. The van der Waals surface area contributed by atoms with E-state index in [1.807, 2.05) is 0 Å². The second-order valence-electron chi connectivity index (χ2n) is 0.932. The molecule has 0 atom stereocenters. The number of hydrogen-bond donors (Lipinski definition) is 6. The average Bonchev–Trinajstić information content (AvgIpc) is 1.54. The van der Waals surface area contributed by atoms with Crippen molar-refractivity contribution in [1.29, 1.82) is 0 Å². The molecule has 6 N–H and O–H groups in total. The normalized spacial score (nSPS) is 6.23. The van der Waals surface area contributed by atoms with Gasteiger partial charge in [0.2, 0.25) is 0 Å². The van der Waals surface area contributed by atoms with Gasteiger partial charge in [-0.05, 0) is 0 Å². The maximum absolute atomic E-state index is 10.1. The van der Waals surface area contributed by atoms with Crippen LogP contribution in [0, 0.1) is 0 Å².